The average Bonchev–Trinajstić information content (AvgIpc) is 3.12. The van der Waals surface area contributed by atoms with Crippen LogP contribution in [0.3, 0.4) is 0 Å². The molecule has 4 rings (SSSR count). The Morgan fingerprint density at radius 1 is 1.24 bits per heavy atom. The number of nitrogens with one attached hydrogen (secondary N) is 2. The lowest BCUT2D eigenvalue weighted by molar-refractivity contribution is -0.131. The predicted octanol–water partition coefficient (Wildman–Crippen LogP) is 1.65. The van der Waals surface area contributed by atoms with Crippen LogP contribution in [0.4, 0.5) is 5.82 Å². The van der Waals surface area contributed by atoms with E-state index in [9.17, 15) is 4.79 Å². The Morgan fingerprint density at radius 3 is 2.86 bits per heavy atom. The molecular weight excluding hydrogens is 368 g/mol. The maximum atomic E-state index is 12.4. The van der Waals surface area contributed by atoms with E-state index in [2.05, 4.69) is 52.6 Å². The van der Waals surface area contributed by atoms with Crippen LogP contribution < -0.4 is 15.8 Å². The number of amides is 1. The molecule has 0 spiro atoms. The third-order valence-electron chi connectivity index (χ3n) is 6.30. The molecule has 1 aromatic rings. The molecule has 4 atom stereocenters. The van der Waals surface area contributed by atoms with Crippen molar-refractivity contribution in [1.82, 2.24) is 25.7 Å². The van der Waals surface area contributed by atoms with Gasteiger partial charge in [0.05, 0.1) is 30.5 Å². The topological polar surface area (TPSA) is 82.6 Å². The van der Waals surface area contributed by atoms with E-state index in [1.54, 1.807) is 6.33 Å². The normalized spacial score (nSPS) is 30.1. The Bertz CT molecular complexity index is 714. The van der Waals surface area contributed by atoms with Crippen LogP contribution in [0.25, 0.3) is 0 Å². The highest BCUT2D eigenvalue weighted by atomic mass is 16.5. The summed E-state index contributed by atoms with van der Waals surface area (Å²) < 4.78 is 6.11. The van der Waals surface area contributed by atoms with Crippen LogP contribution in [0.1, 0.15) is 58.2 Å². The third kappa shape index (κ3) is 4.54. The van der Waals surface area contributed by atoms with Gasteiger partial charge in [-0.15, -0.1) is 0 Å². The Morgan fingerprint density at radius 2 is 2.10 bits per heavy atom. The van der Waals surface area contributed by atoms with Crippen molar-refractivity contribution in [2.24, 2.45) is 5.92 Å². The van der Waals surface area contributed by atoms with Gasteiger partial charge in [0.2, 0.25) is 5.91 Å². The lowest BCUT2D eigenvalue weighted by atomic mass is 9.79. The fourth-order valence-corrected chi connectivity index (χ4v) is 4.93. The number of hydrogen-bond donors (Lipinski definition) is 2. The molecule has 1 saturated carbocycles. The summed E-state index contributed by atoms with van der Waals surface area (Å²) >= 11 is 0. The molecule has 29 heavy (non-hydrogen) atoms. The number of hydrogen-bond acceptors (Lipinski definition) is 7. The number of piperazine rings is 1. The lowest BCUT2D eigenvalue weighted by Crippen LogP contribution is -2.50. The Kier molecular flexibility index (Phi) is 6.32. The van der Waals surface area contributed by atoms with Gasteiger partial charge in [-0.2, -0.15) is 0 Å². The summed E-state index contributed by atoms with van der Waals surface area (Å²) in [6.45, 7) is 9.11. The zero-order chi connectivity index (χ0) is 20.4. The molecule has 1 amide bonds. The molecule has 4 unspecified atom stereocenters. The molecule has 3 heterocycles. The van der Waals surface area contributed by atoms with E-state index >= 15 is 0 Å². The number of fused-ring (bicyclic) bond motifs is 1. The predicted molar refractivity (Wildman–Crippen MR) is 111 cm³/mol. The summed E-state index contributed by atoms with van der Waals surface area (Å²) in [7, 11) is 0. The fraction of sp³-hybridized carbons (Fsp3) is 0.762. The van der Waals surface area contributed by atoms with Crippen LogP contribution in [-0.4, -0.2) is 65.2 Å². The molecule has 0 radical (unpaired) electrons. The molecule has 2 N–H and O–H groups in total. The van der Waals surface area contributed by atoms with Gasteiger partial charge in [-0.25, -0.2) is 15.4 Å². The Balaban J connectivity index is 1.45. The van der Waals surface area contributed by atoms with Gasteiger partial charge >= 0.3 is 0 Å². The molecule has 0 aromatic carbocycles. The van der Waals surface area contributed by atoms with Gasteiger partial charge in [0.15, 0.2) is 0 Å². The van der Waals surface area contributed by atoms with Gasteiger partial charge in [-0.1, -0.05) is 6.92 Å². The fourth-order valence-electron chi connectivity index (χ4n) is 4.93. The average molecular weight is 403 g/mol. The van der Waals surface area contributed by atoms with Crippen molar-refractivity contribution in [1.29, 1.82) is 0 Å². The number of ether oxygens (including phenoxy) is 1. The molecule has 0 bridgehead atoms. The second-order valence-electron chi connectivity index (χ2n) is 8.76. The number of rotatable bonds is 6. The van der Waals surface area contributed by atoms with E-state index in [1.165, 1.54) is 0 Å². The number of nitrogens with zero attached hydrogens (tertiary/aromatic N) is 4. The summed E-state index contributed by atoms with van der Waals surface area (Å²) in [5, 5.41) is 0. The summed E-state index contributed by atoms with van der Waals surface area (Å²) in [6, 6.07) is 2.64. The summed E-state index contributed by atoms with van der Waals surface area (Å²) in [6.07, 6.45) is 6.43. The number of carbonyl (C=O) groups is 1. The highest BCUT2D eigenvalue weighted by Crippen LogP contribution is 2.39. The van der Waals surface area contributed by atoms with Crippen molar-refractivity contribution in [2.45, 2.75) is 70.7 Å². The molecule has 160 valence electrons. The number of aromatic nitrogens is 2. The SMILES string of the molecule is CCCN1CCN(c2cc(C3NNC4CCC(OC(C)C)CC43)ncn2)CC1=O. The van der Waals surface area contributed by atoms with Gasteiger partial charge in [0, 0.05) is 37.7 Å². The van der Waals surface area contributed by atoms with Crippen molar-refractivity contribution in [3.63, 3.8) is 0 Å². The lowest BCUT2D eigenvalue weighted by Gasteiger charge is -2.35. The standard InChI is InChI=1S/C21H34N6O2/c1-4-7-26-8-9-27(12-20(26)28)19-11-18(22-13-23-19)21-16-10-15(29-14(2)3)5-6-17(16)24-25-21/h11,13-17,21,24-25H,4-10,12H2,1-3H3. The second kappa shape index (κ2) is 8.93. The molecule has 8 nitrogen and oxygen atoms in total. The molecule has 8 heteroatoms. The molecule has 3 aliphatic rings. The van der Waals surface area contributed by atoms with Crippen LogP contribution in [-0.2, 0) is 9.53 Å². The van der Waals surface area contributed by atoms with Crippen molar-refractivity contribution in [3.05, 3.63) is 18.1 Å². The van der Waals surface area contributed by atoms with Gasteiger partial charge in [0.1, 0.15) is 12.1 Å². The third-order valence-corrected chi connectivity index (χ3v) is 6.30. The van der Waals surface area contributed by atoms with Crippen LogP contribution in [0.5, 0.6) is 0 Å². The van der Waals surface area contributed by atoms with E-state index in [0.717, 1.165) is 56.8 Å². The van der Waals surface area contributed by atoms with E-state index in [4.69, 9.17) is 4.74 Å². The Labute approximate surface area is 173 Å². The minimum absolute atomic E-state index is 0.136. The first-order valence-electron chi connectivity index (χ1n) is 11.1. The molecule has 2 saturated heterocycles. The van der Waals surface area contributed by atoms with E-state index in [-0.39, 0.29) is 18.1 Å². The number of anilines is 1. The van der Waals surface area contributed by atoms with Crippen LogP contribution in [0, 0.1) is 5.92 Å². The first-order valence-corrected chi connectivity index (χ1v) is 11.1. The smallest absolute Gasteiger partial charge is 0.242 e. The monoisotopic (exact) mass is 402 g/mol. The highest BCUT2D eigenvalue weighted by Gasteiger charge is 2.42. The van der Waals surface area contributed by atoms with Gasteiger partial charge in [-0.05, 0) is 39.5 Å². The van der Waals surface area contributed by atoms with Crippen molar-refractivity contribution < 1.29 is 9.53 Å². The first-order chi connectivity index (χ1) is 14.0. The zero-order valence-electron chi connectivity index (χ0n) is 17.8. The molecule has 2 aliphatic heterocycles. The maximum Gasteiger partial charge on any atom is 0.242 e. The molecule has 1 aromatic heterocycles. The van der Waals surface area contributed by atoms with E-state index in [0.29, 0.717) is 24.6 Å². The van der Waals surface area contributed by atoms with Crippen molar-refractivity contribution >= 4 is 11.7 Å². The van der Waals surface area contributed by atoms with Crippen molar-refractivity contribution in [2.75, 3.05) is 31.1 Å². The Hall–Kier alpha value is -1.77. The second-order valence-corrected chi connectivity index (χ2v) is 8.76. The highest BCUT2D eigenvalue weighted by molar-refractivity contribution is 5.82. The zero-order valence-corrected chi connectivity index (χ0v) is 17.8. The van der Waals surface area contributed by atoms with E-state index < -0.39 is 0 Å². The molecular formula is C21H34N6O2. The van der Waals surface area contributed by atoms with Crippen molar-refractivity contribution in [3.8, 4) is 0 Å². The minimum atomic E-state index is 0.136. The van der Waals surface area contributed by atoms with E-state index in [1.807, 2.05) is 4.90 Å². The largest absolute Gasteiger partial charge is 0.376 e. The first kappa shape index (κ1) is 20.5. The summed E-state index contributed by atoms with van der Waals surface area (Å²) in [5.74, 6) is 1.47. The number of hydrazine groups is 1. The van der Waals surface area contributed by atoms with Gasteiger partial charge in [-0.3, -0.25) is 10.2 Å². The molecule has 3 fully saturated rings. The van der Waals surface area contributed by atoms with Crippen LogP contribution in [0.2, 0.25) is 0 Å². The summed E-state index contributed by atoms with van der Waals surface area (Å²) in [4.78, 5) is 25.5. The summed E-state index contributed by atoms with van der Waals surface area (Å²) in [5.41, 5.74) is 7.92. The molecule has 1 aliphatic carbocycles. The van der Waals surface area contributed by atoms with Crippen LogP contribution in [0.15, 0.2) is 12.4 Å². The maximum absolute atomic E-state index is 12.4. The number of carbonyl (C=O) groups excluding carboxylic acids is 1. The minimum Gasteiger partial charge on any atom is -0.376 e. The van der Waals surface area contributed by atoms with Crippen LogP contribution >= 0.6 is 0 Å². The van der Waals surface area contributed by atoms with Gasteiger partial charge in [0.25, 0.3) is 0 Å². The van der Waals surface area contributed by atoms with Gasteiger partial charge < -0.3 is 14.5 Å². The quantitative estimate of drug-likeness (QED) is 0.749.